The van der Waals surface area contributed by atoms with Gasteiger partial charge in [-0.15, -0.1) is 0 Å². The number of aliphatic hydroxyl groups is 4. The highest BCUT2D eigenvalue weighted by Gasteiger charge is 2.35. The molecule has 0 saturated carbocycles. The highest BCUT2D eigenvalue weighted by Crippen LogP contribution is 2.20. The molecule has 0 aliphatic carbocycles. The Morgan fingerprint density at radius 2 is 0.467 bits per heavy atom. The topological polar surface area (TPSA) is 430 Å². The van der Waals surface area contributed by atoms with E-state index in [9.17, 15) is 62.6 Å². The molecule has 0 fully saturated rings. The minimum absolute atomic E-state index is 0.156. The molecule has 0 amide bonds. The maximum atomic E-state index is 11.1. The molecule has 0 rings (SSSR count). The van der Waals surface area contributed by atoms with E-state index in [1.54, 1.807) is 0 Å². The fourth-order valence-electron chi connectivity index (χ4n) is 6.27. The van der Waals surface area contributed by atoms with Crippen molar-refractivity contribution in [1.82, 2.24) is 0 Å². The molecule has 0 saturated heterocycles. The third-order valence-electron chi connectivity index (χ3n) is 12.8. The van der Waals surface area contributed by atoms with Gasteiger partial charge in [0, 0.05) is 78.3 Å². The normalized spacial score (nSPS) is 9.46. The number of carbonyl (C=O) groups excluding carboxylic acids is 9. The molecule has 0 radical (unpaired) electrons. The van der Waals surface area contributed by atoms with E-state index in [0.29, 0.717) is 26.2 Å². The lowest BCUT2D eigenvalue weighted by molar-refractivity contribution is -0.160. The van der Waals surface area contributed by atoms with Crippen LogP contribution in [0.25, 0.3) is 0 Å². The van der Waals surface area contributed by atoms with Gasteiger partial charge >= 0.3 is 71.6 Å². The summed E-state index contributed by atoms with van der Waals surface area (Å²) in [7, 11) is 0. The molecule has 0 aliphatic heterocycles. The highest BCUT2D eigenvalue weighted by molar-refractivity contribution is 5.84. The summed E-state index contributed by atoms with van der Waals surface area (Å²) in [6, 6.07) is 0. The average molecular weight is 1500 g/mol. The third kappa shape index (κ3) is 96.4. The molecular formula is C77H124O28. The Kier molecular flexibility index (Phi) is 96.0. The second kappa shape index (κ2) is 88.6. The first-order chi connectivity index (χ1) is 49.9. The van der Waals surface area contributed by atoms with Crippen molar-refractivity contribution >= 4 is 71.6 Å². The fraction of sp³-hybridized carbons (Fsp3) is 0.532. The summed E-state index contributed by atoms with van der Waals surface area (Å²) in [6.45, 7) is 45.8. The fourth-order valence-corrected chi connectivity index (χ4v) is 6.27. The van der Waals surface area contributed by atoms with Crippen molar-refractivity contribution in [3.8, 4) is 0 Å². The number of carboxylic acids is 3. The van der Waals surface area contributed by atoms with Crippen LogP contribution in [0.3, 0.4) is 0 Å². The third-order valence-corrected chi connectivity index (χ3v) is 12.8. The van der Waals surface area contributed by atoms with Gasteiger partial charge in [-0.1, -0.05) is 222 Å². The summed E-state index contributed by atoms with van der Waals surface area (Å²) in [5.74, 6) is -8.12. The Morgan fingerprint density at radius 3 is 0.638 bits per heavy atom. The van der Waals surface area contributed by atoms with Gasteiger partial charge in [0.15, 0.2) is 6.10 Å². The number of ether oxygens (including phenoxy) is 9. The summed E-state index contributed by atoms with van der Waals surface area (Å²) in [5.41, 5.74) is -1.95. The van der Waals surface area contributed by atoms with Gasteiger partial charge in [0.2, 0.25) is 0 Å². The molecule has 28 heteroatoms. The second-order valence-corrected chi connectivity index (χ2v) is 21.5. The minimum atomic E-state index is -1.28. The smallest absolute Gasteiger partial charge is 0.330 e. The quantitative estimate of drug-likeness (QED) is 0.0129. The summed E-state index contributed by atoms with van der Waals surface area (Å²) in [5, 5.41) is 58.3. The van der Waals surface area contributed by atoms with Crippen LogP contribution in [-0.4, -0.2) is 193 Å². The molecule has 105 heavy (non-hydrogen) atoms. The molecule has 0 bridgehead atoms. The Labute approximate surface area is 622 Å². The van der Waals surface area contributed by atoms with Crippen LogP contribution in [0.15, 0.2) is 152 Å². The van der Waals surface area contributed by atoms with Crippen molar-refractivity contribution < 1.29 is 136 Å². The molecule has 0 atom stereocenters. The van der Waals surface area contributed by atoms with Gasteiger partial charge in [0.05, 0.1) is 51.7 Å². The molecule has 28 nitrogen and oxygen atoms in total. The van der Waals surface area contributed by atoms with Crippen LogP contribution in [0.1, 0.15) is 169 Å². The zero-order chi connectivity index (χ0) is 82.4. The van der Waals surface area contributed by atoms with Crippen LogP contribution in [0.2, 0.25) is 0 Å². The lowest BCUT2D eigenvalue weighted by atomic mass is 9.88. The first kappa shape index (κ1) is 114. The Bertz CT molecular complexity index is 2310. The van der Waals surface area contributed by atoms with Crippen LogP contribution in [0.4, 0.5) is 0 Å². The lowest BCUT2D eigenvalue weighted by Crippen LogP contribution is -2.42. The van der Waals surface area contributed by atoms with Crippen molar-refractivity contribution in [2.24, 2.45) is 10.8 Å². The lowest BCUT2D eigenvalue weighted by Gasteiger charge is -2.29. The van der Waals surface area contributed by atoms with Gasteiger partial charge in [-0.25, -0.2) is 57.5 Å². The predicted molar refractivity (Wildman–Crippen MR) is 400 cm³/mol. The number of aliphatic hydroxyl groups excluding tert-OH is 4. The van der Waals surface area contributed by atoms with Gasteiger partial charge < -0.3 is 78.4 Å². The summed E-state index contributed by atoms with van der Waals surface area (Å²) in [4.78, 5) is 126. The summed E-state index contributed by atoms with van der Waals surface area (Å²) >= 11 is 0. The standard InChI is InChI=1S/C14H18O7.C13H24O2.C12H14O6.C12H22O2.C11H20O2.C6H14O3.3C3H4O2/c1-4-11(16)19-8-14(7-15,9-20-12(17)5-2)10-21-13(18)6-3;1-3-5-6-7-8-9-10-11-12-15-13(14)4-2;1-4-10(13)16-7-9(18-12(15)6-3)8-17-11(14)5-2;1-3-5-6-7-8-9-10-11-14-12(13)4-2;1-3-5-6-7-8-9-10-13-11(12)4-2;1-2-6(3-7,4-8)5-9;3*1-2-3(4)5/h4-6,15H,1-3,7-10H2;4H,2-3,5-12H2,1H3;4-6,9H,1-3,7-8H2;4H,2-3,5-11H2,1H3;4H,2-3,5-10H2,1H3;7-9H,2-5H2,1H3;3*2H,1H2,(H,4,5). The average Bonchev–Trinajstić information content (AvgIpc) is 0.879. The van der Waals surface area contributed by atoms with Crippen molar-refractivity contribution in [1.29, 1.82) is 0 Å². The van der Waals surface area contributed by atoms with E-state index in [0.717, 1.165) is 93.2 Å². The zero-order valence-electron chi connectivity index (χ0n) is 62.7. The van der Waals surface area contributed by atoms with Crippen LogP contribution in [-0.2, 0) is 100 Å². The van der Waals surface area contributed by atoms with Gasteiger partial charge in [-0.3, -0.25) is 0 Å². The van der Waals surface area contributed by atoms with Gasteiger partial charge in [-0.05, 0) is 25.7 Å². The van der Waals surface area contributed by atoms with Crippen LogP contribution in [0, 0.1) is 10.8 Å². The number of aliphatic carboxylic acids is 3. The van der Waals surface area contributed by atoms with Gasteiger partial charge in [0.1, 0.15) is 33.0 Å². The second-order valence-electron chi connectivity index (χ2n) is 21.5. The Hall–Kier alpha value is -9.64. The molecule has 0 aromatic rings. The van der Waals surface area contributed by atoms with Crippen molar-refractivity contribution in [3.05, 3.63) is 152 Å². The van der Waals surface area contributed by atoms with Crippen molar-refractivity contribution in [2.75, 3.05) is 79.3 Å². The van der Waals surface area contributed by atoms with Crippen molar-refractivity contribution in [2.45, 2.75) is 175 Å². The molecular weight excluding hydrogens is 1370 g/mol. The van der Waals surface area contributed by atoms with Crippen molar-refractivity contribution in [3.63, 3.8) is 0 Å². The Balaban J connectivity index is -0.000000146. The molecule has 0 aliphatic rings. The number of hydrogen-bond donors (Lipinski definition) is 7. The number of carboxylic acid groups (broad SMARTS) is 3. The number of carbonyl (C=O) groups is 12. The minimum Gasteiger partial charge on any atom is -0.478 e. The molecule has 600 valence electrons. The van der Waals surface area contributed by atoms with E-state index in [2.05, 4.69) is 109 Å². The van der Waals surface area contributed by atoms with Gasteiger partial charge in [0.25, 0.3) is 0 Å². The van der Waals surface area contributed by atoms with Crippen LogP contribution in [0.5, 0.6) is 0 Å². The predicted octanol–water partition coefficient (Wildman–Crippen LogP) is 11.2. The SMILES string of the molecule is C=CC(=O)O.C=CC(=O)O.C=CC(=O)O.C=CC(=O)OCC(CO)(COC(=O)C=C)COC(=O)C=C.C=CC(=O)OCC(COC(=O)C=C)OC(=O)C=C.C=CC(=O)OCCCCCCCC.C=CC(=O)OCCCCCCCCC.C=CC(=O)OCCCCCCCCCC.CCC(CO)(CO)CO. The van der Waals surface area contributed by atoms with E-state index in [1.807, 2.05) is 6.92 Å². The molecule has 7 N–H and O–H groups in total. The van der Waals surface area contributed by atoms with E-state index in [-0.39, 0.29) is 70.8 Å². The number of rotatable bonds is 52. The number of unbranched alkanes of at least 4 members (excludes halogenated alkanes) is 18. The molecule has 0 spiro atoms. The number of esters is 9. The van der Waals surface area contributed by atoms with Gasteiger partial charge in [-0.2, -0.15) is 0 Å². The maximum absolute atomic E-state index is 11.1. The largest absolute Gasteiger partial charge is 0.478 e. The Morgan fingerprint density at radius 1 is 0.276 bits per heavy atom. The molecule has 0 aromatic heterocycles. The van der Waals surface area contributed by atoms with E-state index in [1.165, 1.54) is 115 Å². The highest BCUT2D eigenvalue weighted by atomic mass is 16.6. The number of hydrogen-bond acceptors (Lipinski definition) is 25. The first-order valence-corrected chi connectivity index (χ1v) is 34.1. The first-order valence-electron chi connectivity index (χ1n) is 34.1. The zero-order valence-corrected chi connectivity index (χ0v) is 62.7. The molecule has 0 unspecified atom stereocenters. The van der Waals surface area contributed by atoms with Crippen LogP contribution < -0.4 is 0 Å². The summed E-state index contributed by atoms with van der Waals surface area (Å²) < 4.78 is 43.2. The van der Waals surface area contributed by atoms with E-state index in [4.69, 9.17) is 63.8 Å². The van der Waals surface area contributed by atoms with Crippen LogP contribution >= 0.6 is 0 Å². The van der Waals surface area contributed by atoms with E-state index < -0.39 is 77.3 Å². The monoisotopic (exact) mass is 1500 g/mol. The molecule has 0 heterocycles. The molecule has 0 aromatic carbocycles. The summed E-state index contributed by atoms with van der Waals surface area (Å²) in [6.07, 6.45) is 37.5. The van der Waals surface area contributed by atoms with E-state index >= 15 is 0 Å². The maximum Gasteiger partial charge on any atom is 0.330 e.